The number of benzene rings is 1. The summed E-state index contributed by atoms with van der Waals surface area (Å²) in [6.45, 7) is 4.75. The molecule has 0 radical (unpaired) electrons. The summed E-state index contributed by atoms with van der Waals surface area (Å²) in [6.07, 6.45) is 1.27. The lowest BCUT2D eigenvalue weighted by atomic mass is 10.1. The topological polar surface area (TPSA) is 58.6 Å². The third-order valence-electron chi connectivity index (χ3n) is 3.24. The first kappa shape index (κ1) is 17.9. The Balaban J connectivity index is 2.75. The largest absolute Gasteiger partial charge is 0.383 e. The molecule has 1 aromatic carbocycles. The monoisotopic (exact) mass is 314 g/mol. The Morgan fingerprint density at radius 1 is 1.33 bits per heavy atom. The lowest BCUT2D eigenvalue weighted by Gasteiger charge is -2.23. The van der Waals surface area contributed by atoms with Crippen LogP contribution in [0.3, 0.4) is 0 Å². The van der Waals surface area contributed by atoms with Crippen molar-refractivity contribution in [1.82, 2.24) is 5.32 Å². The second-order valence-corrected chi connectivity index (χ2v) is 7.61. The van der Waals surface area contributed by atoms with Gasteiger partial charge >= 0.3 is 0 Å². The summed E-state index contributed by atoms with van der Waals surface area (Å²) in [5.74, 6) is 0.161. The molecular formula is C15H26N2O3S. The number of hydrogen-bond donors (Lipinski definition) is 1. The summed E-state index contributed by atoms with van der Waals surface area (Å²) >= 11 is 0. The smallest absolute Gasteiger partial charge is 0.149 e. The molecule has 0 saturated heterocycles. The molecule has 6 heteroatoms. The zero-order chi connectivity index (χ0) is 15.9. The fourth-order valence-corrected chi connectivity index (χ4v) is 2.65. The lowest BCUT2D eigenvalue weighted by Crippen LogP contribution is -2.27. The maximum absolute atomic E-state index is 11.3. The standard InChI is InChI=1S/C15H26N2O3S/c1-13-5-6-15(17(2)8-10-21(4,18)19)14(11-13)12-16-7-9-20-3/h5-6,11,16H,7-10,12H2,1-4H3. The Morgan fingerprint density at radius 2 is 2.05 bits per heavy atom. The van der Waals surface area contributed by atoms with Crippen LogP contribution >= 0.6 is 0 Å². The van der Waals surface area contributed by atoms with Crippen LogP contribution in [0.1, 0.15) is 11.1 Å². The molecule has 0 fully saturated rings. The summed E-state index contributed by atoms with van der Waals surface area (Å²) in [7, 11) is 0.658. The molecule has 0 saturated carbocycles. The number of ether oxygens (including phenoxy) is 1. The molecule has 1 aromatic rings. The van der Waals surface area contributed by atoms with E-state index in [4.69, 9.17) is 4.74 Å². The highest BCUT2D eigenvalue weighted by molar-refractivity contribution is 7.90. The van der Waals surface area contributed by atoms with E-state index in [1.165, 1.54) is 17.4 Å². The van der Waals surface area contributed by atoms with E-state index in [1.54, 1.807) is 7.11 Å². The number of aryl methyl sites for hydroxylation is 1. The molecule has 0 aliphatic carbocycles. The van der Waals surface area contributed by atoms with E-state index in [0.717, 1.165) is 18.8 Å². The molecule has 0 amide bonds. The molecule has 120 valence electrons. The van der Waals surface area contributed by atoms with Gasteiger partial charge in [0.25, 0.3) is 0 Å². The highest BCUT2D eigenvalue weighted by Gasteiger charge is 2.10. The van der Waals surface area contributed by atoms with Gasteiger partial charge in [-0.05, 0) is 18.6 Å². The molecule has 0 aliphatic heterocycles. The van der Waals surface area contributed by atoms with Crippen LogP contribution < -0.4 is 10.2 Å². The molecule has 0 aromatic heterocycles. The van der Waals surface area contributed by atoms with Crippen molar-refractivity contribution in [3.8, 4) is 0 Å². The van der Waals surface area contributed by atoms with Gasteiger partial charge in [0.1, 0.15) is 9.84 Å². The van der Waals surface area contributed by atoms with Crippen molar-refractivity contribution in [2.75, 3.05) is 50.8 Å². The molecular weight excluding hydrogens is 288 g/mol. The third-order valence-corrected chi connectivity index (χ3v) is 4.17. The van der Waals surface area contributed by atoms with E-state index in [-0.39, 0.29) is 5.75 Å². The van der Waals surface area contributed by atoms with Gasteiger partial charge in [0.15, 0.2) is 0 Å². The van der Waals surface area contributed by atoms with Crippen molar-refractivity contribution in [3.05, 3.63) is 29.3 Å². The molecule has 5 nitrogen and oxygen atoms in total. The van der Waals surface area contributed by atoms with E-state index in [2.05, 4.69) is 18.3 Å². The van der Waals surface area contributed by atoms with Crippen LogP contribution in [0.25, 0.3) is 0 Å². The Bertz CT molecular complexity index is 544. The maximum atomic E-state index is 11.3. The number of methoxy groups -OCH3 is 1. The van der Waals surface area contributed by atoms with Gasteiger partial charge in [0.2, 0.25) is 0 Å². The van der Waals surface area contributed by atoms with Crippen molar-refractivity contribution in [2.24, 2.45) is 0 Å². The first-order chi connectivity index (χ1) is 9.83. The Morgan fingerprint density at radius 3 is 2.67 bits per heavy atom. The van der Waals surface area contributed by atoms with E-state index < -0.39 is 9.84 Å². The van der Waals surface area contributed by atoms with Crippen molar-refractivity contribution >= 4 is 15.5 Å². The number of rotatable bonds is 9. The molecule has 0 atom stereocenters. The first-order valence-corrected chi connectivity index (χ1v) is 9.07. The minimum absolute atomic E-state index is 0.161. The fraction of sp³-hybridized carbons (Fsp3) is 0.600. The lowest BCUT2D eigenvalue weighted by molar-refractivity contribution is 0.199. The quantitative estimate of drug-likeness (QED) is 0.694. The van der Waals surface area contributed by atoms with Gasteiger partial charge < -0.3 is 15.0 Å². The van der Waals surface area contributed by atoms with Gasteiger partial charge in [-0.25, -0.2) is 8.42 Å². The SMILES string of the molecule is COCCNCc1cc(C)ccc1N(C)CCS(C)(=O)=O. The highest BCUT2D eigenvalue weighted by Crippen LogP contribution is 2.21. The summed E-state index contributed by atoms with van der Waals surface area (Å²) in [5, 5.41) is 3.33. The fourth-order valence-electron chi connectivity index (χ4n) is 2.05. The van der Waals surface area contributed by atoms with Gasteiger partial charge in [-0.15, -0.1) is 0 Å². The van der Waals surface area contributed by atoms with Crippen LogP contribution in [0.5, 0.6) is 0 Å². The predicted octanol–water partition coefficient (Wildman–Crippen LogP) is 1.21. The van der Waals surface area contributed by atoms with Crippen molar-refractivity contribution < 1.29 is 13.2 Å². The number of nitrogens with one attached hydrogen (secondary N) is 1. The van der Waals surface area contributed by atoms with Gasteiger partial charge in [-0.3, -0.25) is 0 Å². The minimum Gasteiger partial charge on any atom is -0.383 e. The summed E-state index contributed by atoms with van der Waals surface area (Å²) in [4.78, 5) is 1.99. The van der Waals surface area contributed by atoms with Crippen LogP contribution in [0.15, 0.2) is 18.2 Å². The van der Waals surface area contributed by atoms with Crippen LogP contribution in [0.2, 0.25) is 0 Å². The Labute approximate surface area is 128 Å². The zero-order valence-electron chi connectivity index (χ0n) is 13.3. The highest BCUT2D eigenvalue weighted by atomic mass is 32.2. The predicted molar refractivity (Wildman–Crippen MR) is 87.7 cm³/mol. The van der Waals surface area contributed by atoms with Crippen molar-refractivity contribution in [1.29, 1.82) is 0 Å². The number of sulfone groups is 1. The average molecular weight is 314 g/mol. The van der Waals surface area contributed by atoms with E-state index >= 15 is 0 Å². The van der Waals surface area contributed by atoms with E-state index in [0.29, 0.717) is 13.2 Å². The first-order valence-electron chi connectivity index (χ1n) is 7.01. The molecule has 0 spiro atoms. The molecule has 0 heterocycles. The second kappa shape index (κ2) is 8.36. The summed E-state index contributed by atoms with van der Waals surface area (Å²) in [6, 6.07) is 6.22. The molecule has 0 aliphatic rings. The Hall–Kier alpha value is -1.11. The van der Waals surface area contributed by atoms with E-state index in [1.807, 2.05) is 24.1 Å². The average Bonchev–Trinajstić information content (AvgIpc) is 2.40. The molecule has 21 heavy (non-hydrogen) atoms. The molecule has 1 N–H and O–H groups in total. The van der Waals surface area contributed by atoms with Crippen LogP contribution in [-0.2, 0) is 21.1 Å². The van der Waals surface area contributed by atoms with Crippen LogP contribution in [-0.4, -0.2) is 54.3 Å². The molecule has 1 rings (SSSR count). The van der Waals surface area contributed by atoms with Crippen molar-refractivity contribution in [3.63, 3.8) is 0 Å². The normalized spacial score (nSPS) is 11.6. The minimum atomic E-state index is -2.95. The van der Waals surface area contributed by atoms with Gasteiger partial charge in [0, 0.05) is 45.7 Å². The van der Waals surface area contributed by atoms with Crippen LogP contribution in [0, 0.1) is 6.92 Å². The van der Waals surface area contributed by atoms with Crippen molar-refractivity contribution in [2.45, 2.75) is 13.5 Å². The number of nitrogens with zero attached hydrogens (tertiary/aromatic N) is 1. The van der Waals surface area contributed by atoms with Gasteiger partial charge in [-0.2, -0.15) is 0 Å². The van der Waals surface area contributed by atoms with Gasteiger partial charge in [0.05, 0.1) is 12.4 Å². The second-order valence-electron chi connectivity index (χ2n) is 5.35. The number of anilines is 1. The maximum Gasteiger partial charge on any atom is 0.149 e. The van der Waals surface area contributed by atoms with E-state index in [9.17, 15) is 8.42 Å². The third kappa shape index (κ3) is 6.93. The molecule has 0 bridgehead atoms. The zero-order valence-corrected chi connectivity index (χ0v) is 14.2. The summed E-state index contributed by atoms with van der Waals surface area (Å²) < 4.78 is 27.6. The van der Waals surface area contributed by atoms with Crippen LogP contribution in [0.4, 0.5) is 5.69 Å². The summed E-state index contributed by atoms with van der Waals surface area (Å²) in [5.41, 5.74) is 3.43. The van der Waals surface area contributed by atoms with Gasteiger partial charge in [-0.1, -0.05) is 17.7 Å². The molecule has 0 unspecified atom stereocenters. The Kier molecular flexibility index (Phi) is 7.14. The number of hydrogen-bond acceptors (Lipinski definition) is 5.